The first-order valence-electron chi connectivity index (χ1n) is 13.2. The van der Waals surface area contributed by atoms with Gasteiger partial charge in [-0.1, -0.05) is 29.4 Å². The summed E-state index contributed by atoms with van der Waals surface area (Å²) in [5, 5.41) is 6.74. The molecule has 0 spiro atoms. The van der Waals surface area contributed by atoms with Crippen LogP contribution in [0.25, 0.3) is 17.1 Å². The van der Waals surface area contributed by atoms with Gasteiger partial charge in [-0.2, -0.15) is 31.3 Å². The number of hydrogen-bond donors (Lipinski definition) is 1. The lowest BCUT2D eigenvalue weighted by Crippen LogP contribution is -2.32. The molecule has 2 heterocycles. The third kappa shape index (κ3) is 7.80. The predicted octanol–water partition coefficient (Wildman–Crippen LogP) is 7.83. The zero-order valence-corrected chi connectivity index (χ0v) is 25.0. The fraction of sp³-hybridized carbons (Fsp3) is 0.207. The van der Waals surface area contributed by atoms with E-state index < -0.39 is 47.6 Å². The molecule has 1 N–H and O–H groups in total. The number of aliphatic imine (C=N–C) groups is 1. The summed E-state index contributed by atoms with van der Waals surface area (Å²) in [5.41, 5.74) is 1.19. The van der Waals surface area contributed by atoms with E-state index in [4.69, 9.17) is 16.3 Å². The number of urea groups is 1. The van der Waals surface area contributed by atoms with Crippen LogP contribution in [0.15, 0.2) is 78.0 Å². The van der Waals surface area contributed by atoms with Crippen LogP contribution < -0.4 is 15.0 Å². The highest BCUT2D eigenvalue weighted by Crippen LogP contribution is 2.39. The number of anilines is 2. The molecular weight excluding hydrogens is 662 g/mol. The van der Waals surface area contributed by atoms with E-state index in [9.17, 15) is 35.9 Å². The van der Waals surface area contributed by atoms with Crippen molar-refractivity contribution in [3.63, 3.8) is 0 Å². The molecule has 0 saturated carbocycles. The molecule has 0 radical (unpaired) electrons. The van der Waals surface area contributed by atoms with Gasteiger partial charge in [-0.3, -0.25) is 9.69 Å². The minimum Gasteiger partial charge on any atom is -0.491 e. The Morgan fingerprint density at radius 1 is 1.04 bits per heavy atom. The van der Waals surface area contributed by atoms with Crippen LogP contribution in [0, 0.1) is 6.92 Å². The molecule has 3 amide bonds. The van der Waals surface area contributed by atoms with Crippen LogP contribution in [-0.2, 0) is 11.0 Å². The Morgan fingerprint density at radius 3 is 2.39 bits per heavy atom. The molecule has 5 rings (SSSR count). The van der Waals surface area contributed by atoms with Gasteiger partial charge in [0.1, 0.15) is 12.1 Å². The summed E-state index contributed by atoms with van der Waals surface area (Å²) in [6.45, 7) is 1.02. The number of amides is 3. The number of alkyl halides is 7. The molecule has 4 aromatic rings. The maximum atomic E-state index is 12.9. The Bertz CT molecular complexity index is 1780. The molecule has 17 heteroatoms. The number of thioether (sulfide) groups is 1. The number of carbonyl (C=O) groups excluding carboxylic acids is 2. The molecule has 3 aromatic carbocycles. The van der Waals surface area contributed by atoms with Crippen LogP contribution >= 0.6 is 23.4 Å². The van der Waals surface area contributed by atoms with Gasteiger partial charge in [0.05, 0.1) is 30.0 Å². The number of hydrogen-bond acceptors (Lipinski definition) is 6. The Kier molecular flexibility index (Phi) is 9.30. The minimum atomic E-state index is -4.46. The number of aromatic nitrogens is 3. The van der Waals surface area contributed by atoms with Gasteiger partial charge in [-0.05, 0) is 73.2 Å². The summed E-state index contributed by atoms with van der Waals surface area (Å²) in [6, 6.07) is 14.4. The van der Waals surface area contributed by atoms with Gasteiger partial charge < -0.3 is 10.1 Å². The second kappa shape index (κ2) is 13.0. The number of benzene rings is 3. The van der Waals surface area contributed by atoms with Gasteiger partial charge in [0, 0.05) is 11.3 Å². The van der Waals surface area contributed by atoms with Gasteiger partial charge in [-0.15, -0.1) is 5.10 Å². The maximum absolute atomic E-state index is 12.9. The number of aryl methyl sites for hydroxylation is 1. The van der Waals surface area contributed by atoms with E-state index in [1.807, 2.05) is 0 Å². The van der Waals surface area contributed by atoms with Gasteiger partial charge in [0.15, 0.2) is 15.7 Å². The highest BCUT2D eigenvalue weighted by molar-refractivity contribution is 8.17. The van der Waals surface area contributed by atoms with Gasteiger partial charge >= 0.3 is 18.4 Å². The summed E-state index contributed by atoms with van der Waals surface area (Å²) in [4.78, 5) is 35.0. The van der Waals surface area contributed by atoms with Crippen LogP contribution in [0.2, 0.25) is 0 Å². The number of amidine groups is 1. The van der Waals surface area contributed by atoms with Crippen LogP contribution in [0.5, 0.6) is 5.75 Å². The van der Waals surface area contributed by atoms with E-state index in [-0.39, 0.29) is 22.4 Å². The smallest absolute Gasteiger partial charge is 0.416 e. The van der Waals surface area contributed by atoms with Crippen LogP contribution in [0.4, 0.5) is 42.5 Å². The molecular formula is C29H21ClF6N6O3S. The van der Waals surface area contributed by atoms with Crippen molar-refractivity contribution in [2.24, 2.45) is 4.99 Å². The van der Waals surface area contributed by atoms with Crippen molar-refractivity contribution >= 4 is 51.8 Å². The van der Waals surface area contributed by atoms with Gasteiger partial charge in [-0.25, -0.2) is 14.5 Å². The van der Waals surface area contributed by atoms with E-state index in [0.717, 1.165) is 28.8 Å². The van der Waals surface area contributed by atoms with Crippen molar-refractivity contribution in [2.75, 3.05) is 16.8 Å². The van der Waals surface area contributed by atoms with Crippen molar-refractivity contribution in [3.05, 3.63) is 84.2 Å². The van der Waals surface area contributed by atoms with Crippen molar-refractivity contribution in [1.82, 2.24) is 14.8 Å². The highest BCUT2D eigenvalue weighted by Gasteiger charge is 2.40. The zero-order chi connectivity index (χ0) is 33.2. The molecule has 1 aliphatic rings. The third-order valence-corrected chi connectivity index (χ3v) is 7.70. The normalized spacial score (nSPS) is 16.3. The van der Waals surface area contributed by atoms with Crippen LogP contribution in [0.1, 0.15) is 17.5 Å². The molecule has 1 fully saturated rings. The average Bonchev–Trinajstić information content (AvgIpc) is 3.58. The molecule has 9 nitrogen and oxygen atoms in total. The van der Waals surface area contributed by atoms with E-state index in [1.165, 1.54) is 47.4 Å². The average molecular weight is 683 g/mol. The SMILES string of the molecule is Cc1ccc(OCCC(F)(F)F)c(N2C(=O)C(Cl)SC2=NC(=O)Nc2ccc(-c3ncn(-c4ccc(C(F)(F)F)cc4)n3)cc2)c1. The first-order valence-corrected chi connectivity index (χ1v) is 14.5. The summed E-state index contributed by atoms with van der Waals surface area (Å²) >= 11 is 6.94. The summed E-state index contributed by atoms with van der Waals surface area (Å²) < 4.78 is 82.1. The second-order valence-electron chi connectivity index (χ2n) is 9.75. The van der Waals surface area contributed by atoms with Crippen LogP contribution in [0.3, 0.4) is 0 Å². The summed E-state index contributed by atoms with van der Waals surface area (Å²) in [6.07, 6.45) is -8.76. The quantitative estimate of drug-likeness (QED) is 0.158. The molecule has 1 atom stereocenters. The molecule has 0 aliphatic carbocycles. The third-order valence-electron chi connectivity index (χ3n) is 6.36. The van der Waals surface area contributed by atoms with Crippen molar-refractivity contribution in [1.29, 1.82) is 0 Å². The Hall–Kier alpha value is -4.57. The molecule has 240 valence electrons. The Labute approximate surface area is 266 Å². The minimum absolute atomic E-state index is 0.0207. The lowest BCUT2D eigenvalue weighted by atomic mass is 10.2. The summed E-state index contributed by atoms with van der Waals surface area (Å²) in [7, 11) is 0. The fourth-order valence-corrected chi connectivity index (χ4v) is 5.31. The number of ether oxygens (including phenoxy) is 1. The molecule has 1 saturated heterocycles. The zero-order valence-electron chi connectivity index (χ0n) is 23.4. The first-order chi connectivity index (χ1) is 21.7. The van der Waals surface area contributed by atoms with E-state index in [2.05, 4.69) is 20.4 Å². The fourth-order valence-electron chi connectivity index (χ4n) is 4.15. The topological polar surface area (TPSA) is 102 Å². The number of nitrogens with zero attached hydrogens (tertiary/aromatic N) is 5. The number of rotatable bonds is 7. The number of carbonyl (C=O) groups is 2. The maximum Gasteiger partial charge on any atom is 0.416 e. The van der Waals surface area contributed by atoms with Crippen molar-refractivity contribution < 1.29 is 40.7 Å². The van der Waals surface area contributed by atoms with E-state index >= 15 is 0 Å². The Balaban J connectivity index is 1.29. The molecule has 0 bridgehead atoms. The van der Waals surface area contributed by atoms with Gasteiger partial charge in [0.25, 0.3) is 5.91 Å². The molecule has 1 aliphatic heterocycles. The number of halogens is 7. The standard InChI is InChI=1S/C29H21ClF6N6O3S/c1-16-2-11-22(45-13-12-28(31,32)33)21(14-16)42-25(43)23(30)46-27(42)39-26(44)38-19-7-3-17(4-8-19)24-37-15-41(40-24)20-9-5-18(6-10-20)29(34,35)36/h2-11,14-15,23H,12-13H2,1H3,(H,38,44). The lowest BCUT2D eigenvalue weighted by Gasteiger charge is -2.20. The first kappa shape index (κ1) is 32.8. The monoisotopic (exact) mass is 682 g/mol. The largest absolute Gasteiger partial charge is 0.491 e. The lowest BCUT2D eigenvalue weighted by molar-refractivity contribution is -0.139. The van der Waals surface area contributed by atoms with Crippen molar-refractivity contribution in [2.45, 2.75) is 30.4 Å². The predicted molar refractivity (Wildman–Crippen MR) is 160 cm³/mol. The second-order valence-corrected chi connectivity index (χ2v) is 11.5. The molecule has 46 heavy (non-hydrogen) atoms. The molecule has 1 aromatic heterocycles. The van der Waals surface area contributed by atoms with Crippen molar-refractivity contribution in [3.8, 4) is 22.8 Å². The Morgan fingerprint density at radius 2 is 1.74 bits per heavy atom. The van der Waals surface area contributed by atoms with Gasteiger partial charge in [0.2, 0.25) is 0 Å². The van der Waals surface area contributed by atoms with E-state index in [0.29, 0.717) is 22.5 Å². The summed E-state index contributed by atoms with van der Waals surface area (Å²) in [5.74, 6) is -0.404. The molecule has 1 unspecified atom stereocenters. The highest BCUT2D eigenvalue weighted by atomic mass is 35.5. The van der Waals surface area contributed by atoms with Crippen LogP contribution in [-0.4, -0.2) is 49.4 Å². The van der Waals surface area contributed by atoms with E-state index in [1.54, 1.807) is 25.1 Å². The number of nitrogens with one attached hydrogen (secondary N) is 1.